The lowest BCUT2D eigenvalue weighted by atomic mass is 10.1. The lowest BCUT2D eigenvalue weighted by Crippen LogP contribution is -2.46. The molecule has 2 aliphatic rings. The molecule has 0 aliphatic carbocycles. The zero-order valence-corrected chi connectivity index (χ0v) is 16.4. The summed E-state index contributed by atoms with van der Waals surface area (Å²) in [6.07, 6.45) is 5.94. The highest BCUT2D eigenvalue weighted by atomic mass is 16.5. The minimum atomic E-state index is -0.0846. The summed E-state index contributed by atoms with van der Waals surface area (Å²) >= 11 is 0. The van der Waals surface area contributed by atoms with E-state index in [1.54, 1.807) is 0 Å². The summed E-state index contributed by atoms with van der Waals surface area (Å²) in [5, 5.41) is 4.08. The van der Waals surface area contributed by atoms with Crippen LogP contribution >= 0.6 is 0 Å². The van der Waals surface area contributed by atoms with Gasteiger partial charge in [-0.15, -0.1) is 0 Å². The molecule has 0 unspecified atom stereocenters. The average molecular weight is 391 g/mol. The number of aromatic amines is 1. The van der Waals surface area contributed by atoms with E-state index in [1.165, 1.54) is 16.6 Å². The number of nitrogens with one attached hydrogen (secondary N) is 2. The number of hydrogen-bond acceptors (Lipinski definition) is 5. The quantitative estimate of drug-likeness (QED) is 0.700. The third-order valence-corrected chi connectivity index (χ3v) is 5.77. The first kappa shape index (κ1) is 18.0. The molecule has 1 saturated heterocycles. The molecule has 3 aromatic rings. The molecule has 1 amide bonds. The summed E-state index contributed by atoms with van der Waals surface area (Å²) in [6, 6.07) is 10.3. The molecular formula is C22H25N5O2. The standard InChI is InChI=1S/C22H25N5O2/c28-21-15-29-20-4-3-16(14-18(20)25-21)2-1-9-26-10-12-27(13-11-26)19-6-8-24-22-17(19)5-7-23-22/h3-8,14H,1-2,9-13,15H2,(H,23,24)(H,25,28). The topological polar surface area (TPSA) is 73.5 Å². The first-order valence-corrected chi connectivity index (χ1v) is 10.2. The van der Waals surface area contributed by atoms with Gasteiger partial charge in [0.05, 0.1) is 5.69 Å². The van der Waals surface area contributed by atoms with Crippen molar-refractivity contribution in [3.05, 3.63) is 48.3 Å². The predicted octanol–water partition coefficient (Wildman–Crippen LogP) is 2.65. The first-order chi connectivity index (χ1) is 14.3. The Morgan fingerprint density at radius 1 is 1.10 bits per heavy atom. The van der Waals surface area contributed by atoms with Gasteiger partial charge in [0.1, 0.15) is 11.4 Å². The Bertz CT molecular complexity index is 1020. The van der Waals surface area contributed by atoms with Crippen LogP contribution in [0, 0.1) is 0 Å². The van der Waals surface area contributed by atoms with E-state index in [0.29, 0.717) is 0 Å². The second kappa shape index (κ2) is 7.75. The summed E-state index contributed by atoms with van der Waals surface area (Å²) in [6.45, 7) is 5.40. The number of amides is 1. The predicted molar refractivity (Wildman–Crippen MR) is 114 cm³/mol. The molecule has 0 bridgehead atoms. The molecular weight excluding hydrogens is 366 g/mol. The number of rotatable bonds is 5. The zero-order chi connectivity index (χ0) is 19.6. The molecule has 7 heteroatoms. The normalized spacial score (nSPS) is 17.1. The number of fused-ring (bicyclic) bond motifs is 2. The number of aromatic nitrogens is 2. The van der Waals surface area contributed by atoms with Crippen LogP contribution < -0.4 is 15.0 Å². The summed E-state index contributed by atoms with van der Waals surface area (Å²) in [5.41, 5.74) is 4.26. The number of benzene rings is 1. The summed E-state index contributed by atoms with van der Waals surface area (Å²) in [7, 11) is 0. The van der Waals surface area contributed by atoms with Crippen molar-refractivity contribution in [3.63, 3.8) is 0 Å². The lowest BCUT2D eigenvalue weighted by molar-refractivity contribution is -0.118. The van der Waals surface area contributed by atoms with E-state index in [2.05, 4.69) is 43.3 Å². The molecule has 5 rings (SSSR count). The second-order valence-corrected chi connectivity index (χ2v) is 7.67. The van der Waals surface area contributed by atoms with Crippen LogP contribution in [0.5, 0.6) is 5.75 Å². The Morgan fingerprint density at radius 2 is 2.00 bits per heavy atom. The van der Waals surface area contributed by atoms with Crippen molar-refractivity contribution in [2.75, 3.05) is 49.5 Å². The van der Waals surface area contributed by atoms with Gasteiger partial charge >= 0.3 is 0 Å². The number of pyridine rings is 1. The summed E-state index contributed by atoms with van der Waals surface area (Å²) in [4.78, 5) is 24.1. The summed E-state index contributed by atoms with van der Waals surface area (Å²) in [5.74, 6) is 0.677. The smallest absolute Gasteiger partial charge is 0.262 e. The van der Waals surface area contributed by atoms with Crippen molar-refractivity contribution in [1.29, 1.82) is 0 Å². The van der Waals surface area contributed by atoms with Crippen LogP contribution in [0.2, 0.25) is 0 Å². The van der Waals surface area contributed by atoms with Gasteiger partial charge in [-0.1, -0.05) is 6.07 Å². The number of carbonyl (C=O) groups is 1. The van der Waals surface area contributed by atoms with E-state index in [1.807, 2.05) is 24.5 Å². The molecule has 29 heavy (non-hydrogen) atoms. The fourth-order valence-corrected chi connectivity index (χ4v) is 4.23. The van der Waals surface area contributed by atoms with E-state index < -0.39 is 0 Å². The molecule has 1 aromatic carbocycles. The van der Waals surface area contributed by atoms with Gasteiger partial charge in [0.25, 0.3) is 5.91 Å². The first-order valence-electron chi connectivity index (χ1n) is 10.2. The number of hydrogen-bond donors (Lipinski definition) is 2. The van der Waals surface area contributed by atoms with E-state index in [4.69, 9.17) is 4.74 Å². The molecule has 2 aromatic heterocycles. The Labute approximate surface area is 169 Å². The Hall–Kier alpha value is -3.06. The second-order valence-electron chi connectivity index (χ2n) is 7.67. The highest BCUT2D eigenvalue weighted by molar-refractivity contribution is 5.95. The van der Waals surface area contributed by atoms with Gasteiger partial charge in [-0.2, -0.15) is 0 Å². The number of H-pyrrole nitrogens is 1. The van der Waals surface area contributed by atoms with Crippen molar-refractivity contribution in [2.24, 2.45) is 0 Å². The number of aryl methyl sites for hydroxylation is 1. The molecule has 150 valence electrons. The molecule has 0 spiro atoms. The van der Waals surface area contributed by atoms with E-state index in [9.17, 15) is 4.79 Å². The minimum absolute atomic E-state index is 0.0846. The third-order valence-electron chi connectivity index (χ3n) is 5.77. The highest BCUT2D eigenvalue weighted by Gasteiger charge is 2.19. The van der Waals surface area contributed by atoms with E-state index in [0.717, 1.165) is 62.6 Å². The minimum Gasteiger partial charge on any atom is -0.482 e. The molecule has 1 fully saturated rings. The van der Waals surface area contributed by atoms with Crippen molar-refractivity contribution in [2.45, 2.75) is 12.8 Å². The van der Waals surface area contributed by atoms with Gasteiger partial charge in [-0.05, 0) is 49.2 Å². The average Bonchev–Trinajstić information content (AvgIpc) is 3.23. The molecule has 4 heterocycles. The van der Waals surface area contributed by atoms with Crippen molar-refractivity contribution >= 4 is 28.3 Å². The third kappa shape index (κ3) is 3.78. The maximum absolute atomic E-state index is 11.5. The zero-order valence-electron chi connectivity index (χ0n) is 16.4. The van der Waals surface area contributed by atoms with Gasteiger partial charge in [-0.3, -0.25) is 9.69 Å². The van der Waals surface area contributed by atoms with Gasteiger partial charge < -0.3 is 19.9 Å². The van der Waals surface area contributed by atoms with Crippen molar-refractivity contribution in [1.82, 2.24) is 14.9 Å². The van der Waals surface area contributed by atoms with E-state index >= 15 is 0 Å². The van der Waals surface area contributed by atoms with Crippen molar-refractivity contribution in [3.8, 4) is 5.75 Å². The van der Waals surface area contributed by atoms with Gasteiger partial charge in [0.2, 0.25) is 0 Å². The van der Waals surface area contributed by atoms with Gasteiger partial charge in [0.15, 0.2) is 6.61 Å². The van der Waals surface area contributed by atoms with Crippen molar-refractivity contribution < 1.29 is 9.53 Å². The molecule has 0 atom stereocenters. The monoisotopic (exact) mass is 391 g/mol. The fraction of sp³-hybridized carbons (Fsp3) is 0.364. The maximum Gasteiger partial charge on any atom is 0.262 e. The van der Waals surface area contributed by atoms with Crippen LogP contribution in [0.3, 0.4) is 0 Å². The van der Waals surface area contributed by atoms with Crippen LogP contribution in [-0.4, -0.2) is 60.1 Å². The van der Waals surface area contributed by atoms with Crippen LogP contribution in [0.15, 0.2) is 42.7 Å². The Kier molecular flexibility index (Phi) is 4.81. The van der Waals surface area contributed by atoms with Crippen LogP contribution in [-0.2, 0) is 11.2 Å². The number of anilines is 2. The number of carbonyl (C=O) groups excluding carboxylic acids is 1. The number of nitrogens with zero attached hydrogens (tertiary/aromatic N) is 3. The lowest BCUT2D eigenvalue weighted by Gasteiger charge is -2.36. The van der Waals surface area contributed by atoms with Crippen LogP contribution in [0.1, 0.15) is 12.0 Å². The maximum atomic E-state index is 11.5. The van der Waals surface area contributed by atoms with Gasteiger partial charge in [-0.25, -0.2) is 4.98 Å². The molecule has 2 aliphatic heterocycles. The summed E-state index contributed by atoms with van der Waals surface area (Å²) < 4.78 is 5.43. The Balaban J connectivity index is 1.13. The number of piperazine rings is 1. The molecule has 2 N–H and O–H groups in total. The molecule has 0 radical (unpaired) electrons. The highest BCUT2D eigenvalue weighted by Crippen LogP contribution is 2.29. The fourth-order valence-electron chi connectivity index (χ4n) is 4.23. The van der Waals surface area contributed by atoms with Crippen LogP contribution in [0.25, 0.3) is 11.0 Å². The Morgan fingerprint density at radius 3 is 2.90 bits per heavy atom. The molecule has 0 saturated carbocycles. The van der Waals surface area contributed by atoms with Crippen LogP contribution in [0.4, 0.5) is 11.4 Å². The molecule has 7 nitrogen and oxygen atoms in total. The number of ether oxygens (including phenoxy) is 1. The van der Waals surface area contributed by atoms with Gasteiger partial charge in [0, 0.05) is 49.6 Å². The van der Waals surface area contributed by atoms with E-state index in [-0.39, 0.29) is 12.5 Å². The largest absolute Gasteiger partial charge is 0.482 e. The SMILES string of the molecule is O=C1COc2ccc(CCCN3CCN(c4ccnc5[nH]ccc45)CC3)cc2N1.